The lowest BCUT2D eigenvalue weighted by molar-refractivity contribution is -0.140. The maximum Gasteiger partial charge on any atom is 0.310 e. The van der Waals surface area contributed by atoms with E-state index in [4.69, 9.17) is 5.11 Å². The van der Waals surface area contributed by atoms with Crippen LogP contribution >= 0.6 is 0 Å². The number of nitrogens with zero attached hydrogens (tertiary/aromatic N) is 1. The van der Waals surface area contributed by atoms with Crippen LogP contribution in [0.15, 0.2) is 41.1 Å². The Bertz CT molecular complexity index is 620. The number of hydrogen-bond donors (Lipinski definition) is 3. The third kappa shape index (κ3) is 2.45. The van der Waals surface area contributed by atoms with Gasteiger partial charge >= 0.3 is 5.97 Å². The highest BCUT2D eigenvalue weighted by Gasteiger charge is 2.51. The number of rotatable bonds is 4. The molecule has 0 aromatic heterocycles. The SMILES string of the molecule is C=CNC=NC1CC2(CC3=CCC(C(=O)O)C=C3C2)C(=O)N1. The summed E-state index contributed by atoms with van der Waals surface area (Å²) in [6.07, 6.45) is 9.02. The van der Waals surface area contributed by atoms with E-state index >= 15 is 0 Å². The van der Waals surface area contributed by atoms with Crippen molar-refractivity contribution in [2.45, 2.75) is 31.8 Å². The van der Waals surface area contributed by atoms with E-state index < -0.39 is 17.3 Å². The maximum atomic E-state index is 12.4. The molecule has 1 saturated heterocycles. The lowest BCUT2D eigenvalue weighted by Gasteiger charge is -2.17. The van der Waals surface area contributed by atoms with E-state index in [1.807, 2.05) is 12.2 Å². The predicted molar refractivity (Wildman–Crippen MR) is 81.9 cm³/mol. The van der Waals surface area contributed by atoms with Crippen LogP contribution in [0.4, 0.5) is 0 Å². The van der Waals surface area contributed by atoms with Gasteiger partial charge in [-0.25, -0.2) is 0 Å². The van der Waals surface area contributed by atoms with Crippen LogP contribution in [0, 0.1) is 11.3 Å². The Balaban J connectivity index is 1.76. The fraction of sp³-hybridized carbons (Fsp3) is 0.438. The second-order valence-electron chi connectivity index (χ2n) is 6.08. The van der Waals surface area contributed by atoms with Crippen LogP contribution in [-0.2, 0) is 9.59 Å². The van der Waals surface area contributed by atoms with Crippen molar-refractivity contribution in [1.82, 2.24) is 10.6 Å². The fourth-order valence-electron chi connectivity index (χ4n) is 3.54. The molecule has 3 aliphatic rings. The van der Waals surface area contributed by atoms with E-state index in [0.29, 0.717) is 25.7 Å². The molecule has 3 N–H and O–H groups in total. The van der Waals surface area contributed by atoms with Gasteiger partial charge in [-0.15, -0.1) is 0 Å². The van der Waals surface area contributed by atoms with Gasteiger partial charge in [-0.1, -0.05) is 18.7 Å². The summed E-state index contributed by atoms with van der Waals surface area (Å²) < 4.78 is 0. The standard InChI is InChI=1S/C16H19N3O3/c1-2-17-9-18-13-8-16(15(22)19-13)6-11-4-3-10(14(20)21)5-12(11)7-16/h2,4-5,9-10,13H,1,3,6-8H2,(H,17,18)(H,19,22)(H,20,21). The molecule has 3 atom stereocenters. The van der Waals surface area contributed by atoms with Gasteiger partial charge in [0, 0.05) is 6.42 Å². The van der Waals surface area contributed by atoms with Gasteiger partial charge < -0.3 is 15.7 Å². The Labute approximate surface area is 128 Å². The zero-order chi connectivity index (χ0) is 15.7. The number of hydrogen-bond acceptors (Lipinski definition) is 3. The van der Waals surface area contributed by atoms with Crippen molar-refractivity contribution in [1.29, 1.82) is 0 Å². The van der Waals surface area contributed by atoms with Crippen molar-refractivity contribution < 1.29 is 14.7 Å². The van der Waals surface area contributed by atoms with Gasteiger partial charge in [0.15, 0.2) is 0 Å². The molecule has 2 fully saturated rings. The summed E-state index contributed by atoms with van der Waals surface area (Å²) in [5.74, 6) is -1.27. The Morgan fingerprint density at radius 2 is 2.27 bits per heavy atom. The van der Waals surface area contributed by atoms with Crippen molar-refractivity contribution in [2.24, 2.45) is 16.3 Å². The Hall–Kier alpha value is -2.37. The minimum absolute atomic E-state index is 0.0105. The zero-order valence-electron chi connectivity index (χ0n) is 12.2. The van der Waals surface area contributed by atoms with E-state index in [9.17, 15) is 9.59 Å². The van der Waals surface area contributed by atoms with Gasteiger partial charge in [0.05, 0.1) is 17.7 Å². The topological polar surface area (TPSA) is 90.8 Å². The van der Waals surface area contributed by atoms with Crippen LogP contribution in [0.3, 0.4) is 0 Å². The number of carbonyl (C=O) groups is 2. The second-order valence-corrected chi connectivity index (χ2v) is 6.08. The molecule has 116 valence electrons. The molecular formula is C16H19N3O3. The third-order valence-electron chi connectivity index (χ3n) is 4.62. The highest BCUT2D eigenvalue weighted by atomic mass is 16.4. The molecular weight excluding hydrogens is 282 g/mol. The first-order valence-electron chi connectivity index (χ1n) is 7.36. The first kappa shape index (κ1) is 14.6. The number of amides is 1. The highest BCUT2D eigenvalue weighted by molar-refractivity contribution is 5.88. The summed E-state index contributed by atoms with van der Waals surface area (Å²) in [5.41, 5.74) is 1.67. The van der Waals surface area contributed by atoms with Crippen LogP contribution in [-0.4, -0.2) is 29.5 Å². The van der Waals surface area contributed by atoms with Crippen LogP contribution in [0.25, 0.3) is 0 Å². The molecule has 1 aliphatic heterocycles. The van der Waals surface area contributed by atoms with Gasteiger partial charge in [-0.2, -0.15) is 0 Å². The van der Waals surface area contributed by atoms with Gasteiger partial charge in [-0.3, -0.25) is 14.6 Å². The van der Waals surface area contributed by atoms with E-state index in [1.165, 1.54) is 12.5 Å². The average Bonchev–Trinajstić information content (AvgIpc) is 2.99. The number of carboxylic acid groups (broad SMARTS) is 1. The molecule has 0 aromatic carbocycles. The van der Waals surface area contributed by atoms with Gasteiger partial charge in [0.25, 0.3) is 0 Å². The summed E-state index contributed by atoms with van der Waals surface area (Å²) in [7, 11) is 0. The Kier molecular flexibility index (Phi) is 3.60. The van der Waals surface area contributed by atoms with Gasteiger partial charge in [0.2, 0.25) is 5.91 Å². The van der Waals surface area contributed by atoms with E-state index in [1.54, 1.807) is 0 Å². The number of aliphatic imine (C=N–C) groups is 1. The summed E-state index contributed by atoms with van der Waals surface area (Å²) in [4.78, 5) is 27.8. The molecule has 3 rings (SSSR count). The summed E-state index contributed by atoms with van der Waals surface area (Å²) in [5, 5.41) is 14.8. The van der Waals surface area contributed by atoms with Crippen molar-refractivity contribution in [3.05, 3.63) is 36.1 Å². The van der Waals surface area contributed by atoms with Crippen LogP contribution in [0.5, 0.6) is 0 Å². The minimum Gasteiger partial charge on any atom is -0.481 e. The van der Waals surface area contributed by atoms with Crippen molar-refractivity contribution in [3.63, 3.8) is 0 Å². The molecule has 6 heteroatoms. The molecule has 1 saturated carbocycles. The summed E-state index contributed by atoms with van der Waals surface area (Å²) >= 11 is 0. The smallest absolute Gasteiger partial charge is 0.310 e. The van der Waals surface area contributed by atoms with E-state index in [-0.39, 0.29) is 12.1 Å². The molecule has 2 aliphatic carbocycles. The molecule has 0 bridgehead atoms. The highest BCUT2D eigenvalue weighted by Crippen LogP contribution is 2.52. The number of fused-ring (bicyclic) bond motifs is 1. The van der Waals surface area contributed by atoms with Crippen molar-refractivity contribution >= 4 is 18.2 Å². The molecule has 3 unspecified atom stereocenters. The van der Waals surface area contributed by atoms with Crippen LogP contribution < -0.4 is 10.6 Å². The third-order valence-corrected chi connectivity index (χ3v) is 4.62. The lowest BCUT2D eigenvalue weighted by Crippen LogP contribution is -2.30. The predicted octanol–water partition coefficient (Wildman–Crippen LogP) is 1.33. The quantitative estimate of drug-likeness (QED) is 0.540. The van der Waals surface area contributed by atoms with Crippen LogP contribution in [0.1, 0.15) is 25.7 Å². The Morgan fingerprint density at radius 1 is 1.50 bits per heavy atom. The summed E-state index contributed by atoms with van der Waals surface area (Å²) in [6, 6.07) is 0. The van der Waals surface area contributed by atoms with Gasteiger partial charge in [-0.05, 0) is 36.6 Å². The second kappa shape index (κ2) is 5.44. The minimum atomic E-state index is -0.808. The molecule has 1 amide bonds. The Morgan fingerprint density at radius 3 is 3.00 bits per heavy atom. The number of aliphatic carboxylic acids is 1. The van der Waals surface area contributed by atoms with E-state index in [2.05, 4.69) is 22.2 Å². The van der Waals surface area contributed by atoms with Crippen LogP contribution in [0.2, 0.25) is 0 Å². The maximum absolute atomic E-state index is 12.4. The number of carbonyl (C=O) groups excluding carboxylic acids is 1. The lowest BCUT2D eigenvalue weighted by atomic mass is 9.83. The average molecular weight is 301 g/mol. The largest absolute Gasteiger partial charge is 0.481 e. The van der Waals surface area contributed by atoms with Crippen molar-refractivity contribution in [3.8, 4) is 0 Å². The van der Waals surface area contributed by atoms with E-state index in [0.717, 1.165) is 11.1 Å². The van der Waals surface area contributed by atoms with Gasteiger partial charge in [0.1, 0.15) is 6.17 Å². The molecule has 0 aromatic rings. The number of carboxylic acids is 1. The van der Waals surface area contributed by atoms with Crippen molar-refractivity contribution in [2.75, 3.05) is 0 Å². The molecule has 1 spiro atoms. The zero-order valence-corrected chi connectivity index (χ0v) is 12.2. The monoisotopic (exact) mass is 301 g/mol. The molecule has 22 heavy (non-hydrogen) atoms. The molecule has 6 nitrogen and oxygen atoms in total. The fourth-order valence-corrected chi connectivity index (χ4v) is 3.54. The molecule has 1 heterocycles. The molecule has 0 radical (unpaired) electrons. The normalized spacial score (nSPS) is 33.4. The first-order valence-corrected chi connectivity index (χ1v) is 7.36. The number of allylic oxidation sites excluding steroid dienone is 3. The summed E-state index contributed by atoms with van der Waals surface area (Å²) in [6.45, 7) is 3.53. The number of nitrogens with one attached hydrogen (secondary N) is 2. The first-order chi connectivity index (χ1) is 10.5.